The Bertz CT molecular complexity index is 1010. The Kier molecular flexibility index (Phi) is 5.42. The van der Waals surface area contributed by atoms with Crippen LogP contribution in [0.15, 0.2) is 60.7 Å². The van der Waals surface area contributed by atoms with E-state index in [4.69, 9.17) is 0 Å². The summed E-state index contributed by atoms with van der Waals surface area (Å²) in [6.07, 6.45) is 1.07. The maximum absolute atomic E-state index is 12.8. The number of hydrogen-bond donors (Lipinski definition) is 1. The van der Waals surface area contributed by atoms with Gasteiger partial charge in [0, 0.05) is 44.4 Å². The number of fused-ring (bicyclic) bond motifs is 1. The quantitative estimate of drug-likeness (QED) is 0.730. The van der Waals surface area contributed by atoms with E-state index in [0.29, 0.717) is 38.2 Å². The third-order valence-electron chi connectivity index (χ3n) is 5.30. The monoisotopic (exact) mass is 388 g/mol. The fraction of sp³-hybridized carbons (Fsp3) is 0.261. The largest absolute Gasteiger partial charge is 0.347 e. The molecule has 2 heterocycles. The van der Waals surface area contributed by atoms with Crippen LogP contribution in [0.2, 0.25) is 0 Å². The van der Waals surface area contributed by atoms with Crippen LogP contribution in [0.3, 0.4) is 0 Å². The van der Waals surface area contributed by atoms with Crippen molar-refractivity contribution in [3.63, 3.8) is 0 Å². The zero-order valence-corrected chi connectivity index (χ0v) is 16.5. The zero-order chi connectivity index (χ0) is 20.2. The summed E-state index contributed by atoms with van der Waals surface area (Å²) >= 11 is 0. The molecular formula is C23H24N4O2. The lowest BCUT2D eigenvalue weighted by atomic mass is 10.0. The topological polar surface area (TPSA) is 67.2 Å². The molecule has 1 aromatic heterocycles. The van der Waals surface area contributed by atoms with Crippen molar-refractivity contribution < 1.29 is 9.59 Å². The predicted molar refractivity (Wildman–Crippen MR) is 110 cm³/mol. The van der Waals surface area contributed by atoms with Crippen molar-refractivity contribution in [3.8, 4) is 0 Å². The molecule has 0 bridgehead atoms. The first kappa shape index (κ1) is 18.9. The molecule has 0 spiro atoms. The molecule has 0 radical (unpaired) electrons. The second kappa shape index (κ2) is 8.31. The second-order valence-electron chi connectivity index (χ2n) is 7.29. The van der Waals surface area contributed by atoms with Gasteiger partial charge in [-0.25, -0.2) is 0 Å². The van der Waals surface area contributed by atoms with Crippen molar-refractivity contribution in [1.29, 1.82) is 0 Å². The molecule has 4 rings (SSSR count). The van der Waals surface area contributed by atoms with Crippen LogP contribution < -0.4 is 5.32 Å². The number of benzene rings is 2. The number of carbonyl (C=O) groups excluding carboxylic acids is 2. The highest BCUT2D eigenvalue weighted by Crippen LogP contribution is 2.23. The summed E-state index contributed by atoms with van der Waals surface area (Å²) in [4.78, 5) is 27.4. The van der Waals surface area contributed by atoms with E-state index in [0.717, 1.165) is 22.4 Å². The molecule has 1 aliphatic heterocycles. The number of carbonyl (C=O) groups is 2. The van der Waals surface area contributed by atoms with Gasteiger partial charge < -0.3 is 10.2 Å². The number of aromatic nitrogens is 2. The van der Waals surface area contributed by atoms with Crippen LogP contribution in [0, 0.1) is 0 Å². The van der Waals surface area contributed by atoms with Crippen molar-refractivity contribution in [2.45, 2.75) is 25.9 Å². The van der Waals surface area contributed by atoms with Gasteiger partial charge in [0.2, 0.25) is 5.91 Å². The molecule has 0 atom stereocenters. The van der Waals surface area contributed by atoms with E-state index >= 15 is 0 Å². The van der Waals surface area contributed by atoms with Gasteiger partial charge in [-0.2, -0.15) is 5.10 Å². The van der Waals surface area contributed by atoms with Crippen LogP contribution in [-0.4, -0.2) is 33.0 Å². The van der Waals surface area contributed by atoms with Crippen LogP contribution >= 0.6 is 0 Å². The molecule has 29 heavy (non-hydrogen) atoms. The Morgan fingerprint density at radius 3 is 2.34 bits per heavy atom. The summed E-state index contributed by atoms with van der Waals surface area (Å²) < 4.78 is 1.77. The standard InChI is InChI=1S/C23H24N4O2/c1-26-20-12-13-27(21(28)14-17-8-4-2-5-9-17)16-19(20)22(25-26)23(29)24-15-18-10-6-3-7-11-18/h2-11H,12-16H2,1H3,(H,24,29). The first-order valence-corrected chi connectivity index (χ1v) is 9.80. The van der Waals surface area contributed by atoms with Crippen LogP contribution in [-0.2, 0) is 37.8 Å². The summed E-state index contributed by atoms with van der Waals surface area (Å²) in [6.45, 7) is 1.51. The summed E-state index contributed by atoms with van der Waals surface area (Å²) in [5, 5.41) is 7.39. The van der Waals surface area contributed by atoms with Crippen molar-refractivity contribution in [1.82, 2.24) is 20.0 Å². The smallest absolute Gasteiger partial charge is 0.272 e. The number of nitrogens with one attached hydrogen (secondary N) is 1. The number of hydrogen-bond acceptors (Lipinski definition) is 3. The third-order valence-corrected chi connectivity index (χ3v) is 5.30. The minimum absolute atomic E-state index is 0.0707. The molecule has 148 valence electrons. The van der Waals surface area contributed by atoms with E-state index in [1.807, 2.05) is 72.6 Å². The highest BCUT2D eigenvalue weighted by atomic mass is 16.2. The first-order chi connectivity index (χ1) is 14.1. The molecule has 1 N–H and O–H groups in total. The number of nitrogens with zero attached hydrogens (tertiary/aromatic N) is 3. The van der Waals surface area contributed by atoms with Crippen LogP contribution in [0.5, 0.6) is 0 Å². The Morgan fingerprint density at radius 1 is 1.00 bits per heavy atom. The van der Waals surface area contributed by atoms with Gasteiger partial charge in [0.1, 0.15) is 0 Å². The van der Waals surface area contributed by atoms with Gasteiger partial charge in [-0.1, -0.05) is 60.7 Å². The van der Waals surface area contributed by atoms with Gasteiger partial charge >= 0.3 is 0 Å². The molecule has 0 aliphatic carbocycles. The molecular weight excluding hydrogens is 364 g/mol. The lowest BCUT2D eigenvalue weighted by Gasteiger charge is -2.27. The Balaban J connectivity index is 1.47. The predicted octanol–water partition coefficient (Wildman–Crippen LogP) is 2.48. The molecule has 0 saturated carbocycles. The average molecular weight is 388 g/mol. The van der Waals surface area contributed by atoms with Crippen molar-refractivity contribution >= 4 is 11.8 Å². The van der Waals surface area contributed by atoms with Gasteiger partial charge in [-0.3, -0.25) is 14.3 Å². The van der Waals surface area contributed by atoms with E-state index in [1.54, 1.807) is 4.68 Å². The van der Waals surface area contributed by atoms with Gasteiger partial charge in [0.15, 0.2) is 5.69 Å². The lowest BCUT2D eigenvalue weighted by Crippen LogP contribution is -2.38. The molecule has 3 aromatic rings. The second-order valence-corrected chi connectivity index (χ2v) is 7.29. The highest BCUT2D eigenvalue weighted by molar-refractivity contribution is 5.94. The van der Waals surface area contributed by atoms with E-state index in [2.05, 4.69) is 10.4 Å². The summed E-state index contributed by atoms with van der Waals surface area (Å²) in [6, 6.07) is 19.5. The van der Waals surface area contributed by atoms with E-state index in [-0.39, 0.29) is 11.8 Å². The molecule has 1 aliphatic rings. The fourth-order valence-electron chi connectivity index (χ4n) is 3.73. The molecule has 2 aromatic carbocycles. The fourth-order valence-corrected chi connectivity index (χ4v) is 3.73. The number of amides is 2. The summed E-state index contributed by atoms with van der Waals surface area (Å²) in [5.74, 6) is -0.135. The molecule has 2 amide bonds. The van der Waals surface area contributed by atoms with Crippen molar-refractivity contribution in [2.24, 2.45) is 7.05 Å². The number of rotatable bonds is 5. The molecule has 0 unspecified atom stereocenters. The highest BCUT2D eigenvalue weighted by Gasteiger charge is 2.29. The van der Waals surface area contributed by atoms with Gasteiger partial charge in [0.05, 0.1) is 6.42 Å². The maximum Gasteiger partial charge on any atom is 0.272 e. The van der Waals surface area contributed by atoms with Gasteiger partial charge in [0.25, 0.3) is 5.91 Å². The van der Waals surface area contributed by atoms with Gasteiger partial charge in [-0.05, 0) is 11.1 Å². The molecule has 6 heteroatoms. The summed E-state index contributed by atoms with van der Waals surface area (Å²) in [7, 11) is 1.86. The van der Waals surface area contributed by atoms with E-state index in [1.165, 1.54) is 0 Å². The third kappa shape index (κ3) is 4.21. The molecule has 0 saturated heterocycles. The Hall–Kier alpha value is -3.41. The Labute approximate surface area is 170 Å². The van der Waals surface area contributed by atoms with E-state index < -0.39 is 0 Å². The minimum atomic E-state index is -0.205. The maximum atomic E-state index is 12.8. The van der Waals surface area contributed by atoms with E-state index in [9.17, 15) is 9.59 Å². The first-order valence-electron chi connectivity index (χ1n) is 9.80. The van der Waals surface area contributed by atoms with Crippen LogP contribution in [0.1, 0.15) is 32.9 Å². The minimum Gasteiger partial charge on any atom is -0.347 e. The Morgan fingerprint density at radius 2 is 1.66 bits per heavy atom. The molecule has 6 nitrogen and oxygen atoms in total. The van der Waals surface area contributed by atoms with Crippen molar-refractivity contribution in [3.05, 3.63) is 88.7 Å². The molecule has 0 fully saturated rings. The van der Waals surface area contributed by atoms with Crippen molar-refractivity contribution in [2.75, 3.05) is 6.54 Å². The normalized spacial score (nSPS) is 13.1. The zero-order valence-electron chi connectivity index (χ0n) is 16.5. The number of aryl methyl sites for hydroxylation is 1. The van der Waals surface area contributed by atoms with Gasteiger partial charge in [-0.15, -0.1) is 0 Å². The summed E-state index contributed by atoms with van der Waals surface area (Å²) in [5.41, 5.74) is 4.32. The lowest BCUT2D eigenvalue weighted by molar-refractivity contribution is -0.131. The van der Waals surface area contributed by atoms with Crippen LogP contribution in [0.4, 0.5) is 0 Å². The van der Waals surface area contributed by atoms with Crippen LogP contribution in [0.25, 0.3) is 0 Å². The SMILES string of the molecule is Cn1nc(C(=O)NCc2ccccc2)c2c1CCN(C(=O)Cc1ccccc1)C2. The average Bonchev–Trinajstić information content (AvgIpc) is 3.09.